The van der Waals surface area contributed by atoms with Crippen LogP contribution in [-0.2, 0) is 6.42 Å². The summed E-state index contributed by atoms with van der Waals surface area (Å²) in [7, 11) is 0. The largest absolute Gasteiger partial charge is 0.436 e. The summed E-state index contributed by atoms with van der Waals surface area (Å²) >= 11 is 0. The van der Waals surface area contributed by atoms with Crippen LogP contribution >= 0.6 is 0 Å². The van der Waals surface area contributed by atoms with E-state index in [1.54, 1.807) is 0 Å². The lowest BCUT2D eigenvalue weighted by molar-refractivity contribution is 0.620. The van der Waals surface area contributed by atoms with Gasteiger partial charge in [0.15, 0.2) is 5.58 Å². The Bertz CT molecular complexity index is 3850. The zero-order chi connectivity index (χ0) is 46.4. The molecule has 1 aromatic heterocycles. The van der Waals surface area contributed by atoms with Crippen LogP contribution in [0.15, 0.2) is 241 Å². The van der Waals surface area contributed by atoms with E-state index in [0.717, 1.165) is 81.3 Å². The van der Waals surface area contributed by atoms with Crippen LogP contribution < -0.4 is 4.90 Å². The second kappa shape index (κ2) is 17.7. The first kappa shape index (κ1) is 41.4. The number of hydrogen-bond acceptors (Lipinski definition) is 3. The average molecular weight is 897 g/mol. The first-order valence-electron chi connectivity index (χ1n) is 24.4. The lowest BCUT2D eigenvalue weighted by Gasteiger charge is -2.29. The highest BCUT2D eigenvalue weighted by Crippen LogP contribution is 2.45. The highest BCUT2D eigenvalue weighted by Gasteiger charge is 2.21. The number of oxazole rings is 1. The normalized spacial score (nSPS) is 13.3. The third-order valence-electron chi connectivity index (χ3n) is 14.3. The van der Waals surface area contributed by atoms with Crippen LogP contribution in [0.3, 0.4) is 0 Å². The molecule has 0 unspecified atom stereocenters. The molecule has 10 aromatic carbocycles. The van der Waals surface area contributed by atoms with E-state index in [1.165, 1.54) is 66.4 Å². The Balaban J connectivity index is 0.829. The van der Waals surface area contributed by atoms with Gasteiger partial charge >= 0.3 is 0 Å². The fourth-order valence-electron chi connectivity index (χ4n) is 10.6. The predicted molar refractivity (Wildman–Crippen MR) is 294 cm³/mol. The van der Waals surface area contributed by atoms with E-state index in [-0.39, 0.29) is 0 Å². The summed E-state index contributed by atoms with van der Waals surface area (Å²) in [6.45, 7) is 0. The smallest absolute Gasteiger partial charge is 0.227 e. The minimum Gasteiger partial charge on any atom is -0.436 e. The topological polar surface area (TPSA) is 29.3 Å². The molecular weight excluding hydrogens is 849 g/mol. The Morgan fingerprint density at radius 3 is 1.96 bits per heavy atom. The van der Waals surface area contributed by atoms with Crippen molar-refractivity contribution in [3.8, 4) is 44.8 Å². The van der Waals surface area contributed by atoms with Crippen LogP contribution in [0.5, 0.6) is 0 Å². The van der Waals surface area contributed by atoms with Crippen molar-refractivity contribution in [2.45, 2.75) is 25.7 Å². The molecule has 0 spiro atoms. The van der Waals surface area contributed by atoms with Crippen molar-refractivity contribution in [3.05, 3.63) is 259 Å². The van der Waals surface area contributed by atoms with Gasteiger partial charge in [0.2, 0.25) is 5.89 Å². The first-order valence-corrected chi connectivity index (χ1v) is 24.4. The molecule has 332 valence electrons. The SMILES string of the molecule is C1=CC(c2ccc(-c3nc4c(ccc5cc(-c6ccc(-c7ccc8cccc(N(c9ccc(C%10=Cc%11ccccc%11CC%10)cc9)c9ccccc9-c9ccccc9)c8c7)cc6)ccc54)o3)cc2)=CCC1. The minimum atomic E-state index is 0.640. The molecule has 2 aliphatic rings. The average Bonchev–Trinajstić information content (AvgIpc) is 3.89. The molecule has 3 heteroatoms. The van der Waals surface area contributed by atoms with Gasteiger partial charge in [-0.1, -0.05) is 188 Å². The van der Waals surface area contributed by atoms with Crippen LogP contribution in [0.1, 0.15) is 41.5 Å². The molecule has 0 saturated carbocycles. The second-order valence-electron chi connectivity index (χ2n) is 18.5. The van der Waals surface area contributed by atoms with Crippen LogP contribution in [-0.4, -0.2) is 4.98 Å². The van der Waals surface area contributed by atoms with Crippen molar-refractivity contribution in [1.29, 1.82) is 0 Å². The van der Waals surface area contributed by atoms with E-state index in [0.29, 0.717) is 5.89 Å². The number of aromatic nitrogens is 1. The van der Waals surface area contributed by atoms with Gasteiger partial charge in [0.05, 0.1) is 11.4 Å². The van der Waals surface area contributed by atoms with Gasteiger partial charge in [0.1, 0.15) is 5.52 Å². The molecule has 0 amide bonds. The number of rotatable bonds is 9. The molecule has 11 aromatic rings. The van der Waals surface area contributed by atoms with E-state index in [9.17, 15) is 0 Å². The molecule has 13 rings (SSSR count). The lowest BCUT2D eigenvalue weighted by Crippen LogP contribution is -2.12. The zero-order valence-electron chi connectivity index (χ0n) is 38.7. The quantitative estimate of drug-likeness (QED) is 0.145. The third-order valence-corrected chi connectivity index (χ3v) is 14.3. The van der Waals surface area contributed by atoms with Gasteiger partial charge in [0, 0.05) is 27.6 Å². The number of fused-ring (bicyclic) bond motifs is 5. The van der Waals surface area contributed by atoms with E-state index < -0.39 is 0 Å². The van der Waals surface area contributed by atoms with Crippen molar-refractivity contribution >= 4 is 66.9 Å². The molecule has 0 aliphatic heterocycles. The summed E-state index contributed by atoms with van der Waals surface area (Å²) in [6, 6.07) is 79.4. The molecule has 0 N–H and O–H groups in total. The molecule has 0 fully saturated rings. The fraction of sp³-hybridized carbons (Fsp3) is 0.0597. The maximum atomic E-state index is 6.32. The maximum absolute atomic E-state index is 6.32. The molecule has 3 nitrogen and oxygen atoms in total. The van der Waals surface area contributed by atoms with E-state index >= 15 is 0 Å². The molecule has 0 radical (unpaired) electrons. The first-order chi connectivity index (χ1) is 34.7. The molecule has 0 bridgehead atoms. The van der Waals surface area contributed by atoms with Gasteiger partial charge in [-0.3, -0.25) is 0 Å². The van der Waals surface area contributed by atoms with Gasteiger partial charge < -0.3 is 9.32 Å². The summed E-state index contributed by atoms with van der Waals surface area (Å²) in [5, 5.41) is 4.59. The molecule has 2 aliphatic carbocycles. The third kappa shape index (κ3) is 7.72. The summed E-state index contributed by atoms with van der Waals surface area (Å²) in [4.78, 5) is 7.47. The fourth-order valence-corrected chi connectivity index (χ4v) is 10.6. The number of para-hydroxylation sites is 1. The van der Waals surface area contributed by atoms with E-state index in [2.05, 4.69) is 242 Å². The Kier molecular flexibility index (Phi) is 10.5. The van der Waals surface area contributed by atoms with Gasteiger partial charge in [-0.25, -0.2) is 4.98 Å². The Morgan fingerprint density at radius 1 is 0.443 bits per heavy atom. The number of anilines is 3. The highest BCUT2D eigenvalue weighted by atomic mass is 16.3. The number of allylic oxidation sites excluding steroid dienone is 5. The number of benzene rings is 10. The summed E-state index contributed by atoms with van der Waals surface area (Å²) in [5.74, 6) is 0.640. The Morgan fingerprint density at radius 2 is 1.13 bits per heavy atom. The van der Waals surface area contributed by atoms with Crippen molar-refractivity contribution in [1.82, 2.24) is 4.98 Å². The Labute approximate surface area is 408 Å². The summed E-state index contributed by atoms with van der Waals surface area (Å²) in [5.41, 5.74) is 20.9. The Hall–Kier alpha value is -8.79. The van der Waals surface area contributed by atoms with Crippen LogP contribution in [0, 0.1) is 0 Å². The van der Waals surface area contributed by atoms with E-state index in [4.69, 9.17) is 9.40 Å². The number of hydrogen-bond donors (Lipinski definition) is 0. The standard InChI is InChI=1S/C67H48N2O/c1-3-12-45(13-4-1)47-26-30-53(31-27-47)67-68-66-61-40-36-56(43-58(61)37-41-65(66)70-67)48-22-24-49(25-23-48)57-33-29-52-18-11-21-64(62(52)44-57)69(63-20-10-9-19-60(63)51-15-5-2-6-16-51)59-38-34-50(35-39-59)55-32-28-46-14-7-8-17-54(46)42-55/h2-3,5-27,29-31,33-44H,1,4,28,32H2. The summed E-state index contributed by atoms with van der Waals surface area (Å²) in [6.07, 6.45) is 13.4. The predicted octanol–water partition coefficient (Wildman–Crippen LogP) is 18.5. The van der Waals surface area contributed by atoms with Crippen molar-refractivity contribution < 1.29 is 4.42 Å². The minimum absolute atomic E-state index is 0.640. The van der Waals surface area contributed by atoms with Crippen molar-refractivity contribution in [3.63, 3.8) is 0 Å². The van der Waals surface area contributed by atoms with E-state index in [1.807, 2.05) is 6.07 Å². The van der Waals surface area contributed by atoms with Crippen molar-refractivity contribution in [2.24, 2.45) is 0 Å². The molecule has 0 saturated heterocycles. The molecule has 0 atom stereocenters. The van der Waals surface area contributed by atoms with Gasteiger partial charge in [-0.2, -0.15) is 0 Å². The molecule has 70 heavy (non-hydrogen) atoms. The molecular formula is C67H48N2O. The summed E-state index contributed by atoms with van der Waals surface area (Å²) < 4.78 is 6.32. The van der Waals surface area contributed by atoms with Gasteiger partial charge in [0.25, 0.3) is 0 Å². The monoisotopic (exact) mass is 896 g/mol. The highest BCUT2D eigenvalue weighted by molar-refractivity contribution is 6.06. The van der Waals surface area contributed by atoms with Crippen LogP contribution in [0.2, 0.25) is 0 Å². The second-order valence-corrected chi connectivity index (χ2v) is 18.5. The number of aryl methyl sites for hydroxylation is 1. The van der Waals surface area contributed by atoms with Crippen molar-refractivity contribution in [2.75, 3.05) is 4.90 Å². The lowest BCUT2D eigenvalue weighted by atomic mass is 9.88. The van der Waals surface area contributed by atoms with Gasteiger partial charge in [-0.15, -0.1) is 0 Å². The van der Waals surface area contributed by atoms with Crippen LogP contribution in [0.25, 0.3) is 94.7 Å². The van der Waals surface area contributed by atoms with Crippen LogP contribution in [0.4, 0.5) is 17.1 Å². The molecule has 1 heterocycles. The zero-order valence-corrected chi connectivity index (χ0v) is 38.7. The maximum Gasteiger partial charge on any atom is 0.227 e. The van der Waals surface area contributed by atoms with Gasteiger partial charge in [-0.05, 0) is 152 Å². The number of nitrogens with zero attached hydrogens (tertiary/aromatic N) is 2.